The Labute approximate surface area is 622 Å². The Morgan fingerprint density at radius 3 is 1.23 bits per heavy atom. The van der Waals surface area contributed by atoms with E-state index in [-0.39, 0.29) is 10.8 Å². The maximum atomic E-state index is 6.27. The lowest BCUT2D eigenvalue weighted by atomic mass is 9.66. The van der Waals surface area contributed by atoms with Gasteiger partial charge in [0.05, 0.1) is 50.5 Å². The molecule has 0 spiro atoms. The summed E-state index contributed by atoms with van der Waals surface area (Å²) in [5.74, 6) is 3.74. The van der Waals surface area contributed by atoms with Crippen molar-refractivity contribution in [2.45, 2.75) is 74.0 Å². The average Bonchev–Trinajstić information content (AvgIpc) is 1.53. The predicted octanol–water partition coefficient (Wildman–Crippen LogP) is 23.0. The van der Waals surface area contributed by atoms with E-state index in [1.807, 2.05) is 37.4 Å². The lowest BCUT2D eigenvalue weighted by Crippen LogP contribution is -2.44. The Morgan fingerprint density at radius 2 is 0.779 bits per heavy atom. The summed E-state index contributed by atoms with van der Waals surface area (Å²) < 4.78 is 35.3. The highest BCUT2D eigenvalue weighted by Gasteiger charge is 2.49. The van der Waals surface area contributed by atoms with Crippen molar-refractivity contribution in [3.8, 4) is 33.8 Å². The Balaban J connectivity index is 0.745. The number of ether oxygens (including phenoxy) is 6. The van der Waals surface area contributed by atoms with Gasteiger partial charge in [-0.15, -0.1) is 23.5 Å². The van der Waals surface area contributed by atoms with Crippen LogP contribution >= 0.6 is 23.5 Å². The predicted molar refractivity (Wildman–Crippen MR) is 429 cm³/mol. The van der Waals surface area contributed by atoms with Gasteiger partial charge in [-0.2, -0.15) is 0 Å². The van der Waals surface area contributed by atoms with Crippen LogP contribution in [0.15, 0.2) is 294 Å². The molecule has 11 aromatic rings. The van der Waals surface area contributed by atoms with Crippen molar-refractivity contribution in [3.63, 3.8) is 0 Å². The number of rotatable bonds is 29. The van der Waals surface area contributed by atoms with Crippen molar-refractivity contribution in [1.29, 1.82) is 0 Å². The summed E-state index contributed by atoms with van der Waals surface area (Å²) >= 11 is 3.90. The fraction of sp³-hybridized carbons (Fsp3) is 0.255. The monoisotopic (exact) mass is 1410 g/mol. The molecule has 0 saturated carbocycles. The fourth-order valence-corrected chi connectivity index (χ4v) is 18.6. The lowest BCUT2D eigenvalue weighted by Gasteiger charge is -2.40. The molecule has 0 N–H and O–H groups in total. The van der Waals surface area contributed by atoms with E-state index in [0.29, 0.717) is 39.6 Å². The SMILES string of the molecule is CCOCCOc1ccc(C2(c3ccc(SCC4(CC)COC4)cc3)C3=C(CCC=C3)c3ccc(N(c4ccccc4)c4ccc(-c5ccc(N(c6ccccc6)c6ccc7c(c6)C(c6ccc(OCCOCC)cc6)(c6ccc(SCC8(CC)COC8)cc6)c6ccccc6-7)cc5)cc4)cc32)cc1. The highest BCUT2D eigenvalue weighted by molar-refractivity contribution is 7.99. The largest absolute Gasteiger partial charge is 0.491 e. The van der Waals surface area contributed by atoms with Crippen molar-refractivity contribution in [1.82, 2.24) is 0 Å². The number of para-hydroxylation sites is 2. The van der Waals surface area contributed by atoms with Gasteiger partial charge in [0.1, 0.15) is 24.7 Å². The minimum Gasteiger partial charge on any atom is -0.491 e. The van der Waals surface area contributed by atoms with Crippen molar-refractivity contribution < 1.29 is 28.4 Å². The van der Waals surface area contributed by atoms with Crippen LogP contribution in [0.1, 0.15) is 97.9 Å². The zero-order valence-corrected chi connectivity index (χ0v) is 61.7. The zero-order valence-electron chi connectivity index (χ0n) is 60.0. The molecule has 2 atom stereocenters. The van der Waals surface area contributed by atoms with Gasteiger partial charge < -0.3 is 38.2 Å². The van der Waals surface area contributed by atoms with Crippen molar-refractivity contribution in [2.75, 3.05) is 87.4 Å². The van der Waals surface area contributed by atoms with Gasteiger partial charge in [0, 0.05) is 79.5 Å². The minimum absolute atomic E-state index is 0.242. The highest BCUT2D eigenvalue weighted by Crippen LogP contribution is 2.60. The lowest BCUT2D eigenvalue weighted by molar-refractivity contribution is -0.0994. The number of hydrogen-bond acceptors (Lipinski definition) is 10. The molecule has 16 rings (SSSR count). The van der Waals surface area contributed by atoms with Gasteiger partial charge in [0.15, 0.2) is 0 Å². The van der Waals surface area contributed by atoms with Crippen LogP contribution in [0, 0.1) is 10.8 Å². The zero-order chi connectivity index (χ0) is 70.5. The summed E-state index contributed by atoms with van der Waals surface area (Å²) in [7, 11) is 0. The summed E-state index contributed by atoms with van der Waals surface area (Å²) in [5.41, 5.74) is 23.1. The van der Waals surface area contributed by atoms with Gasteiger partial charge >= 0.3 is 0 Å². The molecule has 8 nitrogen and oxygen atoms in total. The average molecular weight is 1410 g/mol. The third kappa shape index (κ3) is 13.0. The molecule has 0 bridgehead atoms. The maximum Gasteiger partial charge on any atom is 0.119 e. The number of nitrogens with zero attached hydrogens (tertiary/aromatic N) is 2. The highest BCUT2D eigenvalue weighted by atomic mass is 32.2. The summed E-state index contributed by atoms with van der Waals surface area (Å²) in [6, 6.07) is 99.9. The van der Waals surface area contributed by atoms with Crippen molar-refractivity contribution in [3.05, 3.63) is 329 Å². The molecule has 0 radical (unpaired) electrons. The van der Waals surface area contributed by atoms with Crippen LogP contribution in [-0.4, -0.2) is 77.6 Å². The molecule has 0 amide bonds. The first-order valence-corrected chi connectivity index (χ1v) is 39.2. The number of fused-ring (bicyclic) bond motifs is 5. The second-order valence-corrected chi connectivity index (χ2v) is 30.3. The first-order chi connectivity index (χ1) is 51.3. The van der Waals surface area contributed by atoms with Gasteiger partial charge in [-0.25, -0.2) is 0 Å². The first-order valence-electron chi connectivity index (χ1n) is 37.2. The van der Waals surface area contributed by atoms with Crippen LogP contribution < -0.4 is 19.3 Å². The van der Waals surface area contributed by atoms with Crippen LogP contribution in [0.4, 0.5) is 34.1 Å². The van der Waals surface area contributed by atoms with E-state index in [4.69, 9.17) is 28.4 Å². The summed E-state index contributed by atoms with van der Waals surface area (Å²) in [5, 5.41) is 0. The van der Waals surface area contributed by atoms with Gasteiger partial charge in [-0.1, -0.05) is 172 Å². The fourth-order valence-electron chi connectivity index (χ4n) is 16.3. The Morgan fingerprint density at radius 1 is 0.375 bits per heavy atom. The van der Waals surface area contributed by atoms with Crippen LogP contribution in [-0.2, 0) is 29.8 Å². The van der Waals surface area contributed by atoms with E-state index < -0.39 is 10.8 Å². The smallest absolute Gasteiger partial charge is 0.119 e. The van der Waals surface area contributed by atoms with E-state index in [1.165, 1.54) is 76.6 Å². The molecule has 10 heteroatoms. The first kappa shape index (κ1) is 69.0. The molecule has 2 saturated heterocycles. The van der Waals surface area contributed by atoms with Crippen molar-refractivity contribution in [2.24, 2.45) is 10.8 Å². The van der Waals surface area contributed by atoms with E-state index in [2.05, 4.69) is 303 Å². The minimum atomic E-state index is -0.654. The van der Waals surface area contributed by atoms with E-state index in [0.717, 1.165) is 120 Å². The molecule has 2 heterocycles. The third-order valence-corrected chi connectivity index (χ3v) is 25.0. The van der Waals surface area contributed by atoms with E-state index >= 15 is 0 Å². The van der Waals surface area contributed by atoms with E-state index in [9.17, 15) is 0 Å². The second-order valence-electron chi connectivity index (χ2n) is 28.2. The standard InChI is InChI=1S/C94H90N2O6S2/c1-5-91(61-99-62-91)65-103-81-49-35-71(36-50-81)93(69-31-45-79(46-32-69)101-57-55-97-7-3)87-25-17-15-23-83(87)85-53-43-77(59-89(85)93)95(73-19-11-9-12-20-73)75-39-27-67(28-40-75)68-29-41-76(42-30-68)96(74-21-13-10-14-22-74)78-44-54-86-84-24-16-18-26-88(84)94(90(86)60-78,70-33-47-80(48-34-70)102-58-56-98-8-4)72-37-51-82(52-38-72)104-66-92(6-2)63-100-64-92/h9-15,17-23,25-54,59-60H,5-8,16,24,55-58,61-66H2,1-4H3. The Bertz CT molecular complexity index is 4830. The molecule has 3 aliphatic carbocycles. The van der Waals surface area contributed by atoms with Crippen LogP contribution in [0.5, 0.6) is 11.5 Å². The van der Waals surface area contributed by atoms with Gasteiger partial charge in [0.25, 0.3) is 0 Å². The summed E-state index contributed by atoms with van der Waals surface area (Å²) in [6.07, 6.45) is 9.01. The van der Waals surface area contributed by atoms with Crippen LogP contribution in [0.2, 0.25) is 0 Å². The van der Waals surface area contributed by atoms with Gasteiger partial charge in [-0.3, -0.25) is 0 Å². The van der Waals surface area contributed by atoms with Crippen LogP contribution in [0.3, 0.4) is 0 Å². The molecule has 104 heavy (non-hydrogen) atoms. The van der Waals surface area contributed by atoms with Crippen LogP contribution in [0.25, 0.3) is 27.8 Å². The second kappa shape index (κ2) is 30.4. The maximum absolute atomic E-state index is 6.27. The molecule has 5 aliphatic rings. The number of hydrogen-bond donors (Lipinski definition) is 0. The number of benzene rings is 11. The van der Waals surface area contributed by atoms with E-state index in [1.54, 1.807) is 0 Å². The molecule has 2 aliphatic heterocycles. The third-order valence-electron chi connectivity index (χ3n) is 22.2. The Hall–Kier alpha value is -9.36. The summed E-state index contributed by atoms with van der Waals surface area (Å²) in [4.78, 5) is 7.38. The molecular weight excluding hydrogens is 1320 g/mol. The molecule has 2 unspecified atom stereocenters. The molecule has 0 aromatic heterocycles. The normalized spacial score (nSPS) is 17.8. The molecule has 11 aromatic carbocycles. The number of thioether (sulfide) groups is 2. The number of anilines is 6. The topological polar surface area (TPSA) is 61.9 Å². The molecular formula is C94H90N2O6S2. The summed E-state index contributed by atoms with van der Waals surface area (Å²) in [6.45, 7) is 15.4. The number of allylic oxidation sites excluding steroid dienone is 4. The quantitative estimate of drug-likeness (QED) is 0.0335. The van der Waals surface area contributed by atoms with Crippen molar-refractivity contribution >= 4 is 63.2 Å². The molecule has 2 fully saturated rings. The Kier molecular flexibility index (Phi) is 20.2. The van der Waals surface area contributed by atoms with Gasteiger partial charge in [0.2, 0.25) is 0 Å². The van der Waals surface area contributed by atoms with Gasteiger partial charge in [-0.05, 0) is 239 Å². The molecule has 524 valence electrons.